The Balaban J connectivity index is 1.15. The number of fused-ring (bicyclic) bond motifs is 3. The van der Waals surface area contributed by atoms with Crippen molar-refractivity contribution in [3.8, 4) is 16.9 Å². The summed E-state index contributed by atoms with van der Waals surface area (Å²) in [5, 5.41) is 8.92. The van der Waals surface area contributed by atoms with Crippen LogP contribution in [0.5, 0.6) is 0 Å². The zero-order valence-electron chi connectivity index (χ0n) is 23.8. The predicted molar refractivity (Wildman–Crippen MR) is 176 cm³/mol. The number of para-hydroxylation sites is 1. The van der Waals surface area contributed by atoms with Gasteiger partial charge in [0.1, 0.15) is 6.17 Å². The molecule has 4 aromatic carbocycles. The van der Waals surface area contributed by atoms with Gasteiger partial charge in [0.05, 0.1) is 17.3 Å². The molecule has 2 atom stereocenters. The van der Waals surface area contributed by atoms with Crippen LogP contribution in [-0.2, 0) is 6.42 Å². The maximum absolute atomic E-state index is 4.52. The SMILES string of the molecule is C1=Cc2c(n(-c3ccc(C4C=C(c5ccc(-c6ccccn6)cc5)NC(c5ccccc5)N4)cc3)c3ccccc23)CC1. The summed E-state index contributed by atoms with van der Waals surface area (Å²) >= 11 is 0. The third kappa shape index (κ3) is 4.76. The summed E-state index contributed by atoms with van der Waals surface area (Å²) < 4.78 is 2.45. The van der Waals surface area contributed by atoms with Crippen molar-refractivity contribution in [1.29, 1.82) is 0 Å². The summed E-state index contributed by atoms with van der Waals surface area (Å²) in [7, 11) is 0. The molecule has 0 bridgehead atoms. The number of pyridine rings is 1. The van der Waals surface area contributed by atoms with Crippen LogP contribution in [0.15, 0.2) is 140 Å². The minimum absolute atomic E-state index is 0.0199. The van der Waals surface area contributed by atoms with Crippen molar-refractivity contribution in [1.82, 2.24) is 20.2 Å². The summed E-state index contributed by atoms with van der Waals surface area (Å²) in [4.78, 5) is 4.52. The average molecular weight is 557 g/mol. The monoisotopic (exact) mass is 556 g/mol. The molecule has 2 aromatic heterocycles. The lowest BCUT2D eigenvalue weighted by Crippen LogP contribution is -2.39. The first-order valence-corrected chi connectivity index (χ1v) is 15.0. The van der Waals surface area contributed by atoms with Gasteiger partial charge in [-0.3, -0.25) is 10.3 Å². The van der Waals surface area contributed by atoms with Crippen molar-refractivity contribution >= 4 is 22.7 Å². The zero-order chi connectivity index (χ0) is 28.6. The molecule has 0 radical (unpaired) electrons. The topological polar surface area (TPSA) is 41.9 Å². The van der Waals surface area contributed by atoms with Gasteiger partial charge >= 0.3 is 0 Å². The second-order valence-electron chi connectivity index (χ2n) is 11.3. The van der Waals surface area contributed by atoms with E-state index in [4.69, 9.17) is 0 Å². The number of allylic oxidation sites excluding steroid dienone is 1. The first kappa shape index (κ1) is 25.5. The van der Waals surface area contributed by atoms with Gasteiger partial charge in [-0.2, -0.15) is 0 Å². The molecule has 8 rings (SSSR count). The normalized spacial score (nSPS) is 17.7. The number of hydrogen-bond acceptors (Lipinski definition) is 3. The molecule has 43 heavy (non-hydrogen) atoms. The maximum Gasteiger partial charge on any atom is 0.104 e. The Morgan fingerprint density at radius 1 is 0.698 bits per heavy atom. The number of nitrogens with one attached hydrogen (secondary N) is 2. The van der Waals surface area contributed by atoms with Gasteiger partial charge in [0.15, 0.2) is 0 Å². The molecule has 4 heteroatoms. The van der Waals surface area contributed by atoms with E-state index in [1.165, 1.54) is 39.0 Å². The maximum atomic E-state index is 4.52. The van der Waals surface area contributed by atoms with Crippen LogP contribution in [0.25, 0.3) is 39.6 Å². The van der Waals surface area contributed by atoms with Gasteiger partial charge < -0.3 is 9.88 Å². The minimum atomic E-state index is -0.0199. The largest absolute Gasteiger partial charge is 0.366 e. The van der Waals surface area contributed by atoms with E-state index in [1.54, 1.807) is 0 Å². The fraction of sp³-hybridized carbons (Fsp3) is 0.103. The molecule has 0 spiro atoms. The van der Waals surface area contributed by atoms with Gasteiger partial charge in [0, 0.05) is 39.8 Å². The number of aromatic nitrogens is 2. The number of hydrogen-bond donors (Lipinski definition) is 2. The van der Waals surface area contributed by atoms with Gasteiger partial charge in [0.25, 0.3) is 0 Å². The van der Waals surface area contributed by atoms with Crippen LogP contribution >= 0.6 is 0 Å². The van der Waals surface area contributed by atoms with Crippen LogP contribution in [0.3, 0.4) is 0 Å². The van der Waals surface area contributed by atoms with Gasteiger partial charge in [0.2, 0.25) is 0 Å². The Morgan fingerprint density at radius 3 is 2.28 bits per heavy atom. The smallest absolute Gasteiger partial charge is 0.104 e. The number of rotatable bonds is 5. The highest BCUT2D eigenvalue weighted by molar-refractivity contribution is 5.93. The van der Waals surface area contributed by atoms with E-state index in [9.17, 15) is 0 Å². The molecular formula is C39H32N4. The zero-order valence-corrected chi connectivity index (χ0v) is 23.8. The lowest BCUT2D eigenvalue weighted by atomic mass is 9.97. The van der Waals surface area contributed by atoms with Crippen LogP contribution < -0.4 is 10.6 Å². The van der Waals surface area contributed by atoms with Crippen LogP contribution in [0.1, 0.15) is 46.6 Å². The average Bonchev–Trinajstić information content (AvgIpc) is 3.43. The highest BCUT2D eigenvalue weighted by Gasteiger charge is 2.25. The Labute approximate surface area is 252 Å². The van der Waals surface area contributed by atoms with Crippen molar-refractivity contribution < 1.29 is 0 Å². The molecule has 2 aliphatic rings. The van der Waals surface area contributed by atoms with Crippen molar-refractivity contribution in [2.75, 3.05) is 0 Å². The van der Waals surface area contributed by atoms with Crippen LogP contribution in [0, 0.1) is 0 Å². The van der Waals surface area contributed by atoms with Crippen molar-refractivity contribution in [3.63, 3.8) is 0 Å². The Bertz CT molecular complexity index is 1950. The van der Waals surface area contributed by atoms with Crippen molar-refractivity contribution in [2.45, 2.75) is 25.0 Å². The van der Waals surface area contributed by atoms with E-state index in [1.807, 2.05) is 24.4 Å². The highest BCUT2D eigenvalue weighted by atomic mass is 15.2. The second kappa shape index (κ2) is 10.9. The van der Waals surface area contributed by atoms with E-state index in [-0.39, 0.29) is 12.2 Å². The summed E-state index contributed by atoms with van der Waals surface area (Å²) in [6, 6.07) is 43.2. The van der Waals surface area contributed by atoms with Crippen molar-refractivity contribution in [2.24, 2.45) is 0 Å². The third-order valence-corrected chi connectivity index (χ3v) is 8.63. The Hall–Kier alpha value is -5.19. The summed E-state index contributed by atoms with van der Waals surface area (Å²) in [6.45, 7) is 0. The van der Waals surface area contributed by atoms with E-state index in [0.29, 0.717) is 0 Å². The third-order valence-electron chi connectivity index (χ3n) is 8.63. The molecule has 0 amide bonds. The number of nitrogens with zero attached hydrogens (tertiary/aromatic N) is 2. The quantitative estimate of drug-likeness (QED) is 0.223. The molecular weight excluding hydrogens is 524 g/mol. The molecule has 2 N–H and O–H groups in total. The molecule has 3 heterocycles. The van der Waals surface area contributed by atoms with Gasteiger partial charge in [-0.1, -0.05) is 103 Å². The van der Waals surface area contributed by atoms with E-state index in [0.717, 1.165) is 35.4 Å². The van der Waals surface area contributed by atoms with Crippen LogP contribution in [0.4, 0.5) is 0 Å². The molecule has 0 saturated heterocycles. The molecule has 208 valence electrons. The first-order valence-electron chi connectivity index (χ1n) is 15.0. The lowest BCUT2D eigenvalue weighted by Gasteiger charge is -2.33. The fourth-order valence-corrected chi connectivity index (χ4v) is 6.49. The lowest BCUT2D eigenvalue weighted by molar-refractivity contribution is 0.442. The first-order chi connectivity index (χ1) is 21.3. The van der Waals surface area contributed by atoms with E-state index >= 15 is 0 Å². The van der Waals surface area contributed by atoms with E-state index < -0.39 is 0 Å². The van der Waals surface area contributed by atoms with Crippen molar-refractivity contribution in [3.05, 3.63) is 168 Å². The predicted octanol–water partition coefficient (Wildman–Crippen LogP) is 8.63. The Kier molecular flexibility index (Phi) is 6.47. The fourth-order valence-electron chi connectivity index (χ4n) is 6.49. The molecule has 1 aliphatic heterocycles. The van der Waals surface area contributed by atoms with E-state index in [2.05, 4.69) is 142 Å². The molecule has 4 nitrogen and oxygen atoms in total. The minimum Gasteiger partial charge on any atom is -0.366 e. The Morgan fingerprint density at radius 2 is 1.47 bits per heavy atom. The molecule has 6 aromatic rings. The van der Waals surface area contributed by atoms with Gasteiger partial charge in [-0.05, 0) is 65.9 Å². The number of benzene rings is 4. The standard InChI is InChI=1S/C39H32N4/c1-2-10-30(11-3-1)39-41-35(28-19-17-27(18-20-28)34-14-8-9-25-40-34)26-36(42-39)29-21-23-31(24-22-29)43-37-15-6-4-12-32(37)33-13-5-7-16-38(33)43/h1-6,8-15,17-26,36,39,41-42H,7,16H2. The summed E-state index contributed by atoms with van der Waals surface area (Å²) in [6.07, 6.45) is 10.9. The molecule has 1 aliphatic carbocycles. The van der Waals surface area contributed by atoms with Gasteiger partial charge in [-0.15, -0.1) is 0 Å². The molecule has 0 fully saturated rings. The van der Waals surface area contributed by atoms with Crippen LogP contribution in [0.2, 0.25) is 0 Å². The summed E-state index contributed by atoms with van der Waals surface area (Å²) in [5.41, 5.74) is 12.0. The van der Waals surface area contributed by atoms with Crippen LogP contribution in [-0.4, -0.2) is 9.55 Å². The highest BCUT2D eigenvalue weighted by Crippen LogP contribution is 2.35. The summed E-state index contributed by atoms with van der Waals surface area (Å²) in [5.74, 6) is 0. The van der Waals surface area contributed by atoms with Gasteiger partial charge in [-0.25, -0.2) is 0 Å². The molecule has 2 unspecified atom stereocenters. The second-order valence-corrected chi connectivity index (χ2v) is 11.3. The molecule has 0 saturated carbocycles.